The molecule has 0 fully saturated rings. The van der Waals surface area contributed by atoms with Crippen molar-refractivity contribution in [2.24, 2.45) is 17.2 Å². The molecule has 1 aliphatic rings. The molecule has 0 saturated heterocycles. The molecular formula is C52H62N10O8. The van der Waals surface area contributed by atoms with Crippen molar-refractivity contribution in [1.82, 2.24) is 31.2 Å². The summed E-state index contributed by atoms with van der Waals surface area (Å²) in [5.74, 6) is -1.40. The molecule has 18 nitrogen and oxygen atoms in total. The lowest BCUT2D eigenvalue weighted by Crippen LogP contribution is -2.56. The number of likely N-dealkylation sites (N-methyl/N-ethyl adjacent to an activating group) is 1. The van der Waals surface area contributed by atoms with Gasteiger partial charge in [-0.3, -0.25) is 29.0 Å². The second-order valence-electron chi connectivity index (χ2n) is 18.0. The number of pyridine rings is 1. The van der Waals surface area contributed by atoms with E-state index in [9.17, 15) is 29.2 Å². The van der Waals surface area contributed by atoms with Gasteiger partial charge in [0.2, 0.25) is 23.6 Å². The summed E-state index contributed by atoms with van der Waals surface area (Å²) in [5.41, 5.74) is 22.0. The Bertz CT molecular complexity index is 2770. The molecular weight excluding hydrogens is 893 g/mol. The van der Waals surface area contributed by atoms with Gasteiger partial charge < -0.3 is 57.6 Å². The minimum absolute atomic E-state index is 0.00219. The van der Waals surface area contributed by atoms with E-state index in [1.807, 2.05) is 30.3 Å². The maximum Gasteiger partial charge on any atom is 0.253 e. The van der Waals surface area contributed by atoms with Crippen LogP contribution in [0.5, 0.6) is 23.0 Å². The van der Waals surface area contributed by atoms with Crippen molar-refractivity contribution in [2.45, 2.75) is 77.0 Å². The Labute approximate surface area is 407 Å². The van der Waals surface area contributed by atoms with Crippen LogP contribution >= 0.6 is 0 Å². The van der Waals surface area contributed by atoms with Crippen LogP contribution in [-0.4, -0.2) is 104 Å². The van der Waals surface area contributed by atoms with E-state index < -0.39 is 53.7 Å². The number of nitriles is 1. The van der Waals surface area contributed by atoms with Gasteiger partial charge in [-0.25, -0.2) is 0 Å². The molecule has 0 aliphatic carbocycles. The summed E-state index contributed by atoms with van der Waals surface area (Å²) in [6.07, 6.45) is -0.00704. The zero-order valence-corrected chi connectivity index (χ0v) is 40.4. The van der Waals surface area contributed by atoms with Crippen LogP contribution in [0, 0.1) is 18.3 Å². The van der Waals surface area contributed by atoms with Crippen LogP contribution in [0.4, 0.5) is 0 Å². The average Bonchev–Trinajstić information content (AvgIpc) is 3.33. The lowest BCUT2D eigenvalue weighted by Gasteiger charge is -2.32. The summed E-state index contributed by atoms with van der Waals surface area (Å²) in [7, 11) is 1.42. The van der Waals surface area contributed by atoms with Crippen molar-refractivity contribution in [3.05, 3.63) is 113 Å². The maximum atomic E-state index is 14.8. The Morgan fingerprint density at radius 3 is 2.16 bits per heavy atom. The summed E-state index contributed by atoms with van der Waals surface area (Å²) < 4.78 is 18.4. The topological polar surface area (TPSA) is 279 Å². The van der Waals surface area contributed by atoms with E-state index in [1.54, 1.807) is 67.6 Å². The summed E-state index contributed by atoms with van der Waals surface area (Å²) in [4.78, 5) is 76.7. The maximum absolute atomic E-state index is 14.8. The molecule has 4 aromatic carbocycles. The number of ether oxygens (including phenoxy) is 3. The zero-order chi connectivity index (χ0) is 50.7. The summed E-state index contributed by atoms with van der Waals surface area (Å²) in [5, 5.41) is 20.6. The van der Waals surface area contributed by atoms with Gasteiger partial charge in [0.25, 0.3) is 5.91 Å². The summed E-state index contributed by atoms with van der Waals surface area (Å²) in [6, 6.07) is 21.9. The van der Waals surface area contributed by atoms with Gasteiger partial charge >= 0.3 is 0 Å². The van der Waals surface area contributed by atoms with Gasteiger partial charge in [0.15, 0.2) is 0 Å². The largest absolute Gasteiger partial charge is 0.492 e. The molecule has 2 heterocycles. The van der Waals surface area contributed by atoms with Crippen LogP contribution in [-0.2, 0) is 31.0 Å². The smallest absolute Gasteiger partial charge is 0.253 e. The van der Waals surface area contributed by atoms with Crippen LogP contribution < -0.4 is 52.7 Å². The quantitative estimate of drug-likeness (QED) is 0.0694. The summed E-state index contributed by atoms with van der Waals surface area (Å²) in [6.45, 7) is 9.89. The molecule has 5 amide bonds. The van der Waals surface area contributed by atoms with Crippen LogP contribution in [0.3, 0.4) is 0 Å². The van der Waals surface area contributed by atoms with Gasteiger partial charge in [0, 0.05) is 43.1 Å². The molecule has 368 valence electrons. The minimum Gasteiger partial charge on any atom is -0.492 e. The number of nitrogens with zero attached hydrogens (tertiary/aromatic N) is 3. The van der Waals surface area contributed by atoms with Crippen LogP contribution in [0.2, 0.25) is 0 Å². The molecule has 0 unspecified atom stereocenters. The molecule has 0 saturated carbocycles. The highest BCUT2D eigenvalue weighted by Gasteiger charge is 2.36. The van der Waals surface area contributed by atoms with E-state index in [1.165, 1.54) is 18.9 Å². The number of fused-ring (bicyclic) bond motifs is 6. The molecule has 4 bridgehead atoms. The Balaban J connectivity index is 1.37. The van der Waals surface area contributed by atoms with Gasteiger partial charge in [-0.15, -0.1) is 0 Å². The van der Waals surface area contributed by atoms with E-state index in [-0.39, 0.29) is 63.2 Å². The van der Waals surface area contributed by atoms with Crippen LogP contribution in [0.25, 0.3) is 22.0 Å². The first-order valence-corrected chi connectivity index (χ1v) is 23.1. The van der Waals surface area contributed by atoms with Crippen molar-refractivity contribution in [3.63, 3.8) is 0 Å². The van der Waals surface area contributed by atoms with Gasteiger partial charge in [0.05, 0.1) is 22.8 Å². The highest BCUT2D eigenvalue weighted by Crippen LogP contribution is 2.40. The lowest BCUT2D eigenvalue weighted by atomic mass is 9.87. The van der Waals surface area contributed by atoms with Crippen LogP contribution in [0.15, 0.2) is 84.9 Å². The van der Waals surface area contributed by atoms with E-state index in [0.29, 0.717) is 61.8 Å². The Hall–Kier alpha value is -7.59. The third-order valence-electron chi connectivity index (χ3n) is 11.8. The number of nitrogens with two attached hydrogens (primary N) is 3. The normalized spacial score (nSPS) is 16.4. The van der Waals surface area contributed by atoms with E-state index >= 15 is 0 Å². The molecule has 4 atom stereocenters. The molecule has 1 aromatic heterocycles. The number of benzene rings is 4. The van der Waals surface area contributed by atoms with Gasteiger partial charge in [-0.1, -0.05) is 45.0 Å². The fourth-order valence-corrected chi connectivity index (χ4v) is 8.07. The first-order chi connectivity index (χ1) is 33.4. The first-order valence-electron chi connectivity index (χ1n) is 23.1. The molecule has 0 radical (unpaired) electrons. The number of hydrogen-bond acceptors (Lipinski definition) is 13. The number of aromatic nitrogens is 1. The fraction of sp³-hybridized carbons (Fsp3) is 0.365. The summed E-state index contributed by atoms with van der Waals surface area (Å²) >= 11 is 0. The zero-order valence-electron chi connectivity index (χ0n) is 40.4. The number of nitrogens with one attached hydrogen (secondary N) is 4. The predicted molar refractivity (Wildman–Crippen MR) is 265 cm³/mol. The number of amides is 5. The van der Waals surface area contributed by atoms with E-state index in [4.69, 9.17) is 31.4 Å². The molecule has 5 aromatic rings. The lowest BCUT2D eigenvalue weighted by molar-refractivity contribution is -0.141. The number of hydrogen-bond donors (Lipinski definition) is 7. The fourth-order valence-electron chi connectivity index (χ4n) is 8.07. The Morgan fingerprint density at radius 2 is 1.51 bits per heavy atom. The average molecular weight is 955 g/mol. The molecule has 6 rings (SSSR count). The van der Waals surface area contributed by atoms with E-state index in [0.717, 1.165) is 5.56 Å². The standard InChI is InChI=1S/C52H62N10O8/c1-30-38(29-34-27-37(13-14-41(34)58-30)70-36-11-9-35(10-12-36)52(3,4)5)48(64)60-42(17-18-53)51(67)62(6)46-33-8-16-45(69-24-21-56)40(28-33)39-25-32(7-15-44(39)68-23-20-55)26-43(49(65)57-22-19-54)61-47(63)31(2)59-50(46)66/h7-16,25,27-29,31,42-43,46H,17-18,20-24,26,53,55-56H2,1-6H3,(H,57,65)(H,59,66)(H,60,64)(H,61,63)/t31-,42-,43-,46-/m0/s1. The minimum atomic E-state index is -1.41. The molecule has 18 heteroatoms. The molecule has 0 spiro atoms. The Kier molecular flexibility index (Phi) is 17.1. The second-order valence-corrected chi connectivity index (χ2v) is 18.0. The van der Waals surface area contributed by atoms with Crippen molar-refractivity contribution in [2.75, 3.05) is 46.4 Å². The Morgan fingerprint density at radius 1 is 0.857 bits per heavy atom. The molecule has 70 heavy (non-hydrogen) atoms. The second kappa shape index (κ2) is 23.1. The third kappa shape index (κ3) is 12.5. The number of aryl methyl sites for hydroxylation is 1. The van der Waals surface area contributed by atoms with Crippen molar-refractivity contribution < 1.29 is 38.2 Å². The van der Waals surface area contributed by atoms with Crippen LogP contribution in [0.1, 0.15) is 72.9 Å². The van der Waals surface area contributed by atoms with Gasteiger partial charge in [-0.05, 0) is 110 Å². The molecule has 1 aliphatic heterocycles. The van der Waals surface area contributed by atoms with E-state index in [2.05, 4.69) is 47.0 Å². The highest BCUT2D eigenvalue weighted by molar-refractivity contribution is 6.02. The van der Waals surface area contributed by atoms with Crippen molar-refractivity contribution in [1.29, 1.82) is 5.26 Å². The number of carbonyl (C=O) groups is 5. The first kappa shape index (κ1) is 51.8. The van der Waals surface area contributed by atoms with Crippen molar-refractivity contribution >= 4 is 40.4 Å². The van der Waals surface area contributed by atoms with Gasteiger partial charge in [-0.2, -0.15) is 5.26 Å². The monoisotopic (exact) mass is 954 g/mol. The number of carbonyl (C=O) groups excluding carboxylic acids is 5. The molecule has 10 N–H and O–H groups in total. The SMILES string of the molecule is Cc1nc2ccc(Oc3ccc(C(C)(C)C)cc3)cc2cc1C(=O)N[C@@H](CCN)C(=O)N(C)[C@@H]1C(=O)N[C@@H](C)C(=O)N[C@H](C(=O)NCC#N)Cc2ccc(OCCN)c(c2)-c2cc1ccc2OCCN. The predicted octanol–water partition coefficient (Wildman–Crippen LogP) is 3.81. The third-order valence-corrected chi connectivity index (χ3v) is 11.8. The number of rotatable bonds is 16. The highest BCUT2D eigenvalue weighted by atomic mass is 16.5. The van der Waals surface area contributed by atoms with Gasteiger partial charge in [0.1, 0.15) is 66.9 Å². The van der Waals surface area contributed by atoms with Crippen molar-refractivity contribution in [3.8, 4) is 40.2 Å².